The van der Waals surface area contributed by atoms with Crippen LogP contribution in [0.4, 0.5) is 0 Å². The van der Waals surface area contributed by atoms with Crippen molar-refractivity contribution in [1.29, 1.82) is 5.26 Å². The fourth-order valence-corrected chi connectivity index (χ4v) is 1.53. The van der Waals surface area contributed by atoms with Crippen LogP contribution in [-0.4, -0.2) is 20.8 Å². The van der Waals surface area contributed by atoms with Gasteiger partial charge in [0.2, 0.25) is 0 Å². The van der Waals surface area contributed by atoms with Crippen LogP contribution in [0, 0.1) is 11.3 Å². The minimum Gasteiger partial charge on any atom is -0.382 e. The van der Waals surface area contributed by atoms with Crippen molar-refractivity contribution < 1.29 is 9.47 Å². The van der Waals surface area contributed by atoms with Crippen LogP contribution < -0.4 is 0 Å². The number of nitrogens with zero attached hydrogens (tertiary/aromatic N) is 1. The lowest BCUT2D eigenvalue weighted by atomic mass is 10.0. The lowest BCUT2D eigenvalue weighted by Crippen LogP contribution is -2.10. The predicted molar refractivity (Wildman–Crippen MR) is 57.4 cm³/mol. The van der Waals surface area contributed by atoms with Crippen molar-refractivity contribution in [1.82, 2.24) is 0 Å². The Hall–Kier alpha value is -1.37. The third-order valence-corrected chi connectivity index (χ3v) is 2.27. The number of hydrogen-bond donors (Lipinski definition) is 0. The molecule has 1 rings (SSSR count). The second kappa shape index (κ2) is 6.18. The Labute approximate surface area is 90.2 Å². The van der Waals surface area contributed by atoms with Crippen LogP contribution in [0.1, 0.15) is 17.2 Å². The van der Waals surface area contributed by atoms with Crippen molar-refractivity contribution in [3.63, 3.8) is 0 Å². The van der Waals surface area contributed by atoms with Crippen molar-refractivity contribution in [3.8, 4) is 6.07 Å². The Bertz CT molecular complexity index is 344. The van der Waals surface area contributed by atoms with Gasteiger partial charge in [0.15, 0.2) is 0 Å². The maximum absolute atomic E-state index is 8.71. The molecule has 3 nitrogen and oxygen atoms in total. The summed E-state index contributed by atoms with van der Waals surface area (Å²) < 4.78 is 10.4. The van der Waals surface area contributed by atoms with Gasteiger partial charge < -0.3 is 9.47 Å². The summed E-state index contributed by atoms with van der Waals surface area (Å²) in [7, 11) is 3.28. The van der Waals surface area contributed by atoms with Crippen LogP contribution in [0.25, 0.3) is 0 Å². The predicted octanol–water partition coefficient (Wildman–Crippen LogP) is 2.09. The van der Waals surface area contributed by atoms with E-state index in [1.807, 2.05) is 24.3 Å². The first-order chi connectivity index (χ1) is 7.33. The first-order valence-electron chi connectivity index (χ1n) is 4.80. The molecule has 0 N–H and O–H groups in total. The smallest absolute Gasteiger partial charge is 0.106 e. The molecular weight excluding hydrogens is 190 g/mol. The van der Waals surface area contributed by atoms with Gasteiger partial charge in [0, 0.05) is 14.2 Å². The molecule has 3 heteroatoms. The molecule has 80 valence electrons. The van der Waals surface area contributed by atoms with Gasteiger partial charge >= 0.3 is 0 Å². The van der Waals surface area contributed by atoms with Gasteiger partial charge in [-0.1, -0.05) is 24.3 Å². The third-order valence-electron chi connectivity index (χ3n) is 2.27. The summed E-state index contributed by atoms with van der Waals surface area (Å²) in [6.07, 6.45) is 0.305. The normalized spacial score (nSPS) is 12.1. The molecule has 15 heavy (non-hydrogen) atoms. The van der Waals surface area contributed by atoms with E-state index in [9.17, 15) is 0 Å². The van der Waals surface area contributed by atoms with E-state index in [1.54, 1.807) is 14.2 Å². The highest BCUT2D eigenvalue weighted by molar-refractivity contribution is 5.31. The molecule has 0 amide bonds. The van der Waals surface area contributed by atoms with Crippen LogP contribution in [0.5, 0.6) is 0 Å². The molecule has 0 aliphatic carbocycles. The summed E-state index contributed by atoms with van der Waals surface area (Å²) in [4.78, 5) is 0. The van der Waals surface area contributed by atoms with Crippen LogP contribution in [-0.2, 0) is 15.9 Å². The van der Waals surface area contributed by atoms with E-state index in [4.69, 9.17) is 14.7 Å². The van der Waals surface area contributed by atoms with Crippen LogP contribution in [0.2, 0.25) is 0 Å². The molecule has 1 aromatic rings. The molecule has 1 aromatic carbocycles. The summed E-state index contributed by atoms with van der Waals surface area (Å²) >= 11 is 0. The standard InChI is InChI=1S/C12H15NO2/c1-14-9-12(15-2)11-6-4-3-5-10(11)7-8-13/h3-6,12H,7,9H2,1-2H3. The third kappa shape index (κ3) is 3.05. The van der Waals surface area contributed by atoms with Crippen molar-refractivity contribution in [3.05, 3.63) is 35.4 Å². The highest BCUT2D eigenvalue weighted by Crippen LogP contribution is 2.21. The van der Waals surface area contributed by atoms with E-state index in [0.29, 0.717) is 13.0 Å². The molecule has 0 radical (unpaired) electrons. The summed E-state index contributed by atoms with van der Waals surface area (Å²) in [6.45, 7) is 0.499. The maximum atomic E-state index is 8.71. The number of nitriles is 1. The number of hydrogen-bond acceptors (Lipinski definition) is 3. The van der Waals surface area contributed by atoms with Gasteiger partial charge in [-0.25, -0.2) is 0 Å². The van der Waals surface area contributed by atoms with Crippen molar-refractivity contribution >= 4 is 0 Å². The lowest BCUT2D eigenvalue weighted by Gasteiger charge is -2.17. The first-order valence-corrected chi connectivity index (χ1v) is 4.80. The molecule has 1 atom stereocenters. The molecule has 0 saturated carbocycles. The van der Waals surface area contributed by atoms with Crippen molar-refractivity contribution in [2.75, 3.05) is 20.8 Å². The van der Waals surface area contributed by atoms with Gasteiger partial charge in [-0.05, 0) is 11.1 Å². The zero-order valence-corrected chi connectivity index (χ0v) is 9.06. The van der Waals surface area contributed by atoms with Crippen LogP contribution in [0.15, 0.2) is 24.3 Å². The van der Waals surface area contributed by atoms with Gasteiger partial charge in [-0.2, -0.15) is 5.26 Å². The van der Waals surface area contributed by atoms with E-state index in [-0.39, 0.29) is 6.10 Å². The van der Waals surface area contributed by atoms with E-state index in [2.05, 4.69) is 6.07 Å². The van der Waals surface area contributed by atoms with Gasteiger partial charge in [-0.15, -0.1) is 0 Å². The summed E-state index contributed by atoms with van der Waals surface area (Å²) in [5.74, 6) is 0. The van der Waals surface area contributed by atoms with Gasteiger partial charge in [0.25, 0.3) is 0 Å². The lowest BCUT2D eigenvalue weighted by molar-refractivity contribution is 0.0270. The van der Waals surface area contributed by atoms with Gasteiger partial charge in [0.1, 0.15) is 6.10 Å². The fraction of sp³-hybridized carbons (Fsp3) is 0.417. The Morgan fingerprint density at radius 3 is 2.67 bits per heavy atom. The average molecular weight is 205 g/mol. The minimum atomic E-state index is -0.0976. The fourth-order valence-electron chi connectivity index (χ4n) is 1.53. The second-order valence-corrected chi connectivity index (χ2v) is 3.21. The number of benzene rings is 1. The summed E-state index contributed by atoms with van der Waals surface area (Å²) in [5.41, 5.74) is 2.03. The topological polar surface area (TPSA) is 42.2 Å². The zero-order valence-electron chi connectivity index (χ0n) is 9.06. The summed E-state index contributed by atoms with van der Waals surface area (Å²) in [5, 5.41) is 8.71. The molecule has 0 aromatic heterocycles. The Balaban J connectivity index is 2.94. The van der Waals surface area contributed by atoms with Gasteiger partial charge in [-0.3, -0.25) is 0 Å². The molecule has 1 unspecified atom stereocenters. The van der Waals surface area contributed by atoms with Crippen molar-refractivity contribution in [2.24, 2.45) is 0 Å². The minimum absolute atomic E-state index is 0.0976. The highest BCUT2D eigenvalue weighted by Gasteiger charge is 2.13. The molecule has 0 bridgehead atoms. The molecule has 0 aliphatic rings. The molecule has 0 heterocycles. The summed E-state index contributed by atoms with van der Waals surface area (Å²) in [6, 6.07) is 9.93. The van der Waals surface area contributed by atoms with Gasteiger partial charge in [0.05, 0.1) is 19.1 Å². The maximum Gasteiger partial charge on any atom is 0.106 e. The van der Waals surface area contributed by atoms with E-state index >= 15 is 0 Å². The molecule has 0 saturated heterocycles. The monoisotopic (exact) mass is 205 g/mol. The number of ether oxygens (including phenoxy) is 2. The Morgan fingerprint density at radius 1 is 1.33 bits per heavy atom. The molecule has 0 spiro atoms. The Morgan fingerprint density at radius 2 is 2.07 bits per heavy atom. The van der Waals surface area contributed by atoms with E-state index < -0.39 is 0 Å². The zero-order chi connectivity index (χ0) is 11.1. The number of rotatable bonds is 5. The SMILES string of the molecule is COCC(OC)c1ccccc1CC#N. The second-order valence-electron chi connectivity index (χ2n) is 3.21. The first kappa shape index (κ1) is 11.7. The van der Waals surface area contributed by atoms with Crippen LogP contribution in [0.3, 0.4) is 0 Å². The Kier molecular flexibility index (Phi) is 4.82. The molecular formula is C12H15NO2. The van der Waals surface area contributed by atoms with E-state index in [0.717, 1.165) is 11.1 Å². The average Bonchev–Trinajstić information content (AvgIpc) is 2.27. The molecule has 0 fully saturated rings. The quantitative estimate of drug-likeness (QED) is 0.739. The molecule has 0 aliphatic heterocycles. The van der Waals surface area contributed by atoms with E-state index in [1.165, 1.54) is 0 Å². The largest absolute Gasteiger partial charge is 0.382 e. The van der Waals surface area contributed by atoms with Crippen LogP contribution >= 0.6 is 0 Å². The highest BCUT2D eigenvalue weighted by atomic mass is 16.5. The number of methoxy groups -OCH3 is 2. The van der Waals surface area contributed by atoms with Crippen molar-refractivity contribution in [2.45, 2.75) is 12.5 Å².